The summed E-state index contributed by atoms with van der Waals surface area (Å²) in [6, 6.07) is 14.4. The van der Waals surface area contributed by atoms with E-state index >= 15 is 0 Å². The third-order valence-electron chi connectivity index (χ3n) is 2.87. The molecule has 2 aromatic carbocycles. The molecule has 1 amide bonds. The molecule has 21 heavy (non-hydrogen) atoms. The van der Waals surface area contributed by atoms with E-state index in [4.69, 9.17) is 5.26 Å². The average Bonchev–Trinajstić information content (AvgIpc) is 2.50. The Balaban J connectivity index is 2.12. The van der Waals surface area contributed by atoms with Gasteiger partial charge >= 0.3 is 0 Å². The van der Waals surface area contributed by atoms with Gasteiger partial charge in [-0.05, 0) is 65.3 Å². The zero-order valence-corrected chi connectivity index (χ0v) is 13.1. The molecule has 0 spiro atoms. The first kappa shape index (κ1) is 15.1. The lowest BCUT2D eigenvalue weighted by Crippen LogP contribution is -2.12. The van der Waals surface area contributed by atoms with Crippen LogP contribution in [0.5, 0.6) is 0 Å². The van der Waals surface area contributed by atoms with Crippen LogP contribution in [0.2, 0.25) is 0 Å². The fraction of sp³-hybridized carbons (Fsp3) is 0.125. The van der Waals surface area contributed by atoms with Gasteiger partial charge in [-0.15, -0.1) is 0 Å². The third kappa shape index (κ3) is 3.83. The fourth-order valence-corrected chi connectivity index (χ4v) is 2.30. The molecule has 0 aliphatic carbocycles. The van der Waals surface area contributed by atoms with Crippen LogP contribution in [0.1, 0.15) is 22.8 Å². The zero-order chi connectivity index (χ0) is 15.2. The van der Waals surface area contributed by atoms with Gasteiger partial charge in [-0.3, -0.25) is 4.79 Å². The van der Waals surface area contributed by atoms with Gasteiger partial charge in [0.1, 0.15) is 0 Å². The number of hydrogen-bond donors (Lipinski definition) is 2. The lowest BCUT2D eigenvalue weighted by molar-refractivity contribution is 0.102. The summed E-state index contributed by atoms with van der Waals surface area (Å²) in [5.41, 5.74) is 2.73. The number of nitrogens with zero attached hydrogens (tertiary/aromatic N) is 1. The van der Waals surface area contributed by atoms with E-state index in [1.807, 2.05) is 25.1 Å². The number of hydrogen-bond acceptors (Lipinski definition) is 3. The molecule has 0 aliphatic rings. The molecule has 0 bridgehead atoms. The number of rotatable bonds is 4. The molecule has 2 aromatic rings. The highest BCUT2D eigenvalue weighted by atomic mass is 79.9. The van der Waals surface area contributed by atoms with E-state index in [9.17, 15) is 4.79 Å². The van der Waals surface area contributed by atoms with Gasteiger partial charge in [0, 0.05) is 22.3 Å². The largest absolute Gasteiger partial charge is 0.385 e. The Morgan fingerprint density at radius 1 is 1.24 bits per heavy atom. The number of anilines is 2. The minimum Gasteiger partial charge on any atom is -0.385 e. The molecule has 0 unspecified atom stereocenters. The van der Waals surface area contributed by atoms with Crippen molar-refractivity contribution in [3.8, 4) is 6.07 Å². The first-order valence-electron chi connectivity index (χ1n) is 6.49. The smallest absolute Gasteiger partial charge is 0.255 e. The number of halogens is 1. The highest BCUT2D eigenvalue weighted by Crippen LogP contribution is 2.24. The highest BCUT2D eigenvalue weighted by molar-refractivity contribution is 9.10. The van der Waals surface area contributed by atoms with Crippen molar-refractivity contribution < 1.29 is 4.79 Å². The predicted octanol–water partition coefficient (Wildman–Crippen LogP) is 4.00. The van der Waals surface area contributed by atoms with Crippen molar-refractivity contribution >= 4 is 33.2 Å². The van der Waals surface area contributed by atoms with Crippen LogP contribution in [-0.4, -0.2) is 12.5 Å². The van der Waals surface area contributed by atoms with Crippen molar-refractivity contribution in [2.75, 3.05) is 17.2 Å². The first-order chi connectivity index (χ1) is 10.1. The Morgan fingerprint density at radius 3 is 2.52 bits per heavy atom. The molecule has 0 saturated heterocycles. The van der Waals surface area contributed by atoms with Crippen LogP contribution in [0.25, 0.3) is 0 Å². The number of carbonyl (C=O) groups is 1. The van der Waals surface area contributed by atoms with Gasteiger partial charge in [0.2, 0.25) is 0 Å². The van der Waals surface area contributed by atoms with Gasteiger partial charge < -0.3 is 10.6 Å². The number of benzene rings is 2. The zero-order valence-electron chi connectivity index (χ0n) is 11.5. The molecular weight excluding hydrogens is 330 g/mol. The lowest BCUT2D eigenvalue weighted by atomic mass is 10.1. The van der Waals surface area contributed by atoms with Crippen LogP contribution in [-0.2, 0) is 0 Å². The number of carbonyl (C=O) groups excluding carboxylic acids is 1. The van der Waals surface area contributed by atoms with E-state index in [-0.39, 0.29) is 5.91 Å². The number of nitrogens with one attached hydrogen (secondary N) is 2. The molecule has 0 radical (unpaired) electrons. The molecule has 0 aromatic heterocycles. The van der Waals surface area contributed by atoms with E-state index in [2.05, 4.69) is 26.6 Å². The van der Waals surface area contributed by atoms with E-state index in [0.717, 1.165) is 12.2 Å². The SMILES string of the molecule is CCNc1ccc(C(=O)Nc2ccc(C#N)cc2Br)cc1. The molecule has 106 valence electrons. The molecule has 2 N–H and O–H groups in total. The lowest BCUT2D eigenvalue weighted by Gasteiger charge is -2.08. The van der Waals surface area contributed by atoms with Gasteiger partial charge in [-0.2, -0.15) is 5.26 Å². The van der Waals surface area contributed by atoms with Crippen molar-refractivity contribution in [3.63, 3.8) is 0 Å². The minimum absolute atomic E-state index is 0.191. The highest BCUT2D eigenvalue weighted by Gasteiger charge is 2.08. The standard InChI is InChI=1S/C16H14BrN3O/c1-2-19-13-6-4-12(5-7-13)16(21)20-15-8-3-11(10-18)9-14(15)17/h3-9,19H,2H2,1H3,(H,20,21). The molecule has 5 heteroatoms. The topological polar surface area (TPSA) is 64.9 Å². The second kappa shape index (κ2) is 6.91. The summed E-state index contributed by atoms with van der Waals surface area (Å²) in [5, 5.41) is 14.8. The average molecular weight is 344 g/mol. The summed E-state index contributed by atoms with van der Waals surface area (Å²) in [6.07, 6.45) is 0. The Labute approximate surface area is 131 Å². The normalized spacial score (nSPS) is 9.76. The summed E-state index contributed by atoms with van der Waals surface area (Å²) in [4.78, 5) is 12.2. The number of amides is 1. The predicted molar refractivity (Wildman–Crippen MR) is 87.4 cm³/mol. The van der Waals surface area contributed by atoms with Crippen molar-refractivity contribution in [2.24, 2.45) is 0 Å². The maximum Gasteiger partial charge on any atom is 0.255 e. The van der Waals surface area contributed by atoms with Crippen LogP contribution in [0.3, 0.4) is 0 Å². The second-order valence-electron chi connectivity index (χ2n) is 4.37. The van der Waals surface area contributed by atoms with Crippen molar-refractivity contribution in [1.29, 1.82) is 5.26 Å². The molecular formula is C16H14BrN3O. The van der Waals surface area contributed by atoms with Gasteiger partial charge in [0.05, 0.1) is 17.3 Å². The summed E-state index contributed by atoms with van der Waals surface area (Å²) < 4.78 is 0.680. The van der Waals surface area contributed by atoms with Crippen molar-refractivity contribution in [1.82, 2.24) is 0 Å². The van der Waals surface area contributed by atoms with Gasteiger partial charge in [-0.25, -0.2) is 0 Å². The monoisotopic (exact) mass is 343 g/mol. The molecule has 0 fully saturated rings. The van der Waals surface area contributed by atoms with Crippen LogP contribution in [0.15, 0.2) is 46.9 Å². The first-order valence-corrected chi connectivity index (χ1v) is 7.28. The van der Waals surface area contributed by atoms with E-state index in [1.165, 1.54) is 0 Å². The molecule has 0 heterocycles. The molecule has 0 atom stereocenters. The van der Waals surface area contributed by atoms with Crippen LogP contribution in [0.4, 0.5) is 11.4 Å². The van der Waals surface area contributed by atoms with Gasteiger partial charge in [0.25, 0.3) is 5.91 Å². The van der Waals surface area contributed by atoms with E-state index in [0.29, 0.717) is 21.3 Å². The maximum absolute atomic E-state index is 12.2. The summed E-state index contributed by atoms with van der Waals surface area (Å²) in [7, 11) is 0. The Morgan fingerprint density at radius 2 is 1.95 bits per heavy atom. The van der Waals surface area contributed by atoms with E-state index in [1.54, 1.807) is 30.3 Å². The fourth-order valence-electron chi connectivity index (χ4n) is 1.82. The molecule has 0 saturated carbocycles. The minimum atomic E-state index is -0.191. The quantitative estimate of drug-likeness (QED) is 0.881. The number of nitriles is 1. The van der Waals surface area contributed by atoms with Crippen molar-refractivity contribution in [2.45, 2.75) is 6.92 Å². The van der Waals surface area contributed by atoms with Crippen LogP contribution < -0.4 is 10.6 Å². The van der Waals surface area contributed by atoms with E-state index < -0.39 is 0 Å². The molecule has 0 aliphatic heterocycles. The molecule has 2 rings (SSSR count). The summed E-state index contributed by atoms with van der Waals surface area (Å²) in [5.74, 6) is -0.191. The summed E-state index contributed by atoms with van der Waals surface area (Å²) >= 11 is 3.35. The Bertz CT molecular complexity index is 690. The van der Waals surface area contributed by atoms with Gasteiger partial charge in [0.15, 0.2) is 0 Å². The van der Waals surface area contributed by atoms with Crippen LogP contribution in [0, 0.1) is 11.3 Å². The molecule has 4 nitrogen and oxygen atoms in total. The Hall–Kier alpha value is -2.32. The second-order valence-corrected chi connectivity index (χ2v) is 5.22. The third-order valence-corrected chi connectivity index (χ3v) is 3.53. The Kier molecular flexibility index (Phi) is 4.96. The summed E-state index contributed by atoms with van der Waals surface area (Å²) in [6.45, 7) is 2.85. The van der Waals surface area contributed by atoms with Gasteiger partial charge in [-0.1, -0.05) is 0 Å². The van der Waals surface area contributed by atoms with Crippen molar-refractivity contribution in [3.05, 3.63) is 58.1 Å². The maximum atomic E-state index is 12.2. The van der Waals surface area contributed by atoms with Crippen LogP contribution >= 0.6 is 15.9 Å².